The molecule has 2 heteroatoms. The zero-order valence-electron chi connectivity index (χ0n) is 10.6. The summed E-state index contributed by atoms with van der Waals surface area (Å²) < 4.78 is 5.55. The second kappa shape index (κ2) is 4.62. The molecule has 1 aromatic rings. The van der Waals surface area contributed by atoms with E-state index in [-0.39, 0.29) is 5.54 Å². The Bertz CT molecular complexity index is 310. The van der Waals surface area contributed by atoms with Crippen LogP contribution >= 0.6 is 0 Å². The first-order valence-corrected chi connectivity index (χ1v) is 6.35. The van der Waals surface area contributed by atoms with E-state index in [1.807, 2.05) is 6.07 Å². The van der Waals surface area contributed by atoms with Gasteiger partial charge in [-0.1, -0.05) is 6.42 Å². The molecule has 0 saturated heterocycles. The second-order valence-electron chi connectivity index (χ2n) is 5.94. The van der Waals surface area contributed by atoms with Crippen molar-refractivity contribution in [2.24, 2.45) is 5.92 Å². The topological polar surface area (TPSA) is 25.2 Å². The van der Waals surface area contributed by atoms with Crippen molar-refractivity contribution in [1.82, 2.24) is 5.32 Å². The Morgan fingerprint density at radius 2 is 2.19 bits per heavy atom. The number of nitrogens with one attached hydrogen (secondary N) is 1. The van der Waals surface area contributed by atoms with Crippen molar-refractivity contribution in [1.29, 1.82) is 0 Å². The zero-order valence-corrected chi connectivity index (χ0v) is 10.6. The summed E-state index contributed by atoms with van der Waals surface area (Å²) in [5.41, 5.74) is 0.219. The predicted octanol–water partition coefficient (Wildman–Crippen LogP) is 3.55. The van der Waals surface area contributed by atoms with E-state index in [0.29, 0.717) is 5.92 Å². The van der Waals surface area contributed by atoms with Gasteiger partial charge in [-0.3, -0.25) is 0 Å². The minimum absolute atomic E-state index is 0.219. The first kappa shape index (κ1) is 11.7. The van der Waals surface area contributed by atoms with Crippen molar-refractivity contribution in [2.75, 3.05) is 6.54 Å². The Morgan fingerprint density at radius 3 is 2.81 bits per heavy atom. The third kappa shape index (κ3) is 2.88. The van der Waals surface area contributed by atoms with Crippen LogP contribution in [0, 0.1) is 5.92 Å². The highest BCUT2D eigenvalue weighted by Crippen LogP contribution is 2.39. The van der Waals surface area contributed by atoms with Gasteiger partial charge < -0.3 is 9.73 Å². The van der Waals surface area contributed by atoms with Gasteiger partial charge in [-0.05, 0) is 58.2 Å². The standard InChI is InChI=1S/C14H23NO/c1-14(2,3)15-10-11-6-4-7-12(11)13-8-5-9-16-13/h5,8-9,11-12,15H,4,6-7,10H2,1-3H3. The van der Waals surface area contributed by atoms with Crippen molar-refractivity contribution in [3.05, 3.63) is 24.2 Å². The van der Waals surface area contributed by atoms with Crippen molar-refractivity contribution in [2.45, 2.75) is 51.5 Å². The van der Waals surface area contributed by atoms with E-state index in [1.165, 1.54) is 25.0 Å². The molecule has 2 rings (SSSR count). The summed E-state index contributed by atoms with van der Waals surface area (Å²) in [5, 5.41) is 3.61. The Labute approximate surface area is 98.4 Å². The second-order valence-corrected chi connectivity index (χ2v) is 5.94. The number of rotatable bonds is 3. The van der Waals surface area contributed by atoms with Crippen molar-refractivity contribution < 1.29 is 4.42 Å². The highest BCUT2D eigenvalue weighted by atomic mass is 16.3. The largest absolute Gasteiger partial charge is 0.469 e. The van der Waals surface area contributed by atoms with E-state index in [9.17, 15) is 0 Å². The maximum Gasteiger partial charge on any atom is 0.107 e. The Balaban J connectivity index is 1.94. The highest BCUT2D eigenvalue weighted by molar-refractivity contribution is 5.09. The molecule has 1 N–H and O–H groups in total. The molecular formula is C14H23NO. The quantitative estimate of drug-likeness (QED) is 0.844. The molecular weight excluding hydrogens is 198 g/mol. The van der Waals surface area contributed by atoms with E-state index in [1.54, 1.807) is 6.26 Å². The first-order valence-electron chi connectivity index (χ1n) is 6.35. The van der Waals surface area contributed by atoms with Crippen LogP contribution in [-0.4, -0.2) is 12.1 Å². The third-order valence-electron chi connectivity index (χ3n) is 3.46. The van der Waals surface area contributed by atoms with Gasteiger partial charge in [0.25, 0.3) is 0 Å². The fourth-order valence-electron chi connectivity index (χ4n) is 2.60. The summed E-state index contributed by atoms with van der Waals surface area (Å²) in [6.45, 7) is 7.78. The summed E-state index contributed by atoms with van der Waals surface area (Å²) in [6, 6.07) is 4.13. The monoisotopic (exact) mass is 221 g/mol. The molecule has 1 aliphatic carbocycles. The lowest BCUT2D eigenvalue weighted by molar-refractivity contribution is 0.334. The van der Waals surface area contributed by atoms with E-state index in [4.69, 9.17) is 4.42 Å². The predicted molar refractivity (Wildman–Crippen MR) is 66.5 cm³/mol. The Kier molecular flexibility index (Phi) is 3.38. The minimum atomic E-state index is 0.219. The maximum absolute atomic E-state index is 5.55. The number of hydrogen-bond acceptors (Lipinski definition) is 2. The van der Waals surface area contributed by atoms with Crippen LogP contribution in [0.25, 0.3) is 0 Å². The molecule has 0 radical (unpaired) electrons. The van der Waals surface area contributed by atoms with E-state index in [2.05, 4.69) is 32.2 Å². The lowest BCUT2D eigenvalue weighted by atomic mass is 9.93. The zero-order chi connectivity index (χ0) is 11.6. The van der Waals surface area contributed by atoms with E-state index >= 15 is 0 Å². The third-order valence-corrected chi connectivity index (χ3v) is 3.46. The van der Waals surface area contributed by atoms with Gasteiger partial charge in [0.15, 0.2) is 0 Å². The molecule has 16 heavy (non-hydrogen) atoms. The molecule has 2 nitrogen and oxygen atoms in total. The fourth-order valence-corrected chi connectivity index (χ4v) is 2.60. The van der Waals surface area contributed by atoms with Gasteiger partial charge in [0.1, 0.15) is 5.76 Å². The fraction of sp³-hybridized carbons (Fsp3) is 0.714. The van der Waals surface area contributed by atoms with Crippen LogP contribution in [0.4, 0.5) is 0 Å². The van der Waals surface area contributed by atoms with Gasteiger partial charge in [-0.2, -0.15) is 0 Å². The SMILES string of the molecule is CC(C)(C)NCC1CCCC1c1ccco1. The Hall–Kier alpha value is -0.760. The van der Waals surface area contributed by atoms with Gasteiger partial charge in [0.2, 0.25) is 0 Å². The van der Waals surface area contributed by atoms with Crippen molar-refractivity contribution in [3.8, 4) is 0 Å². The summed E-state index contributed by atoms with van der Waals surface area (Å²) >= 11 is 0. The van der Waals surface area contributed by atoms with Crippen molar-refractivity contribution >= 4 is 0 Å². The van der Waals surface area contributed by atoms with Crippen LogP contribution in [0.1, 0.15) is 51.7 Å². The van der Waals surface area contributed by atoms with Gasteiger partial charge in [0.05, 0.1) is 6.26 Å². The molecule has 1 heterocycles. The molecule has 2 unspecified atom stereocenters. The summed E-state index contributed by atoms with van der Waals surface area (Å²) in [7, 11) is 0. The number of furan rings is 1. The smallest absolute Gasteiger partial charge is 0.107 e. The molecule has 1 fully saturated rings. The van der Waals surface area contributed by atoms with Gasteiger partial charge in [-0.25, -0.2) is 0 Å². The first-order chi connectivity index (χ1) is 7.56. The molecule has 1 saturated carbocycles. The molecule has 0 aliphatic heterocycles. The van der Waals surface area contributed by atoms with Crippen LogP contribution < -0.4 is 5.32 Å². The molecule has 0 aromatic carbocycles. The van der Waals surface area contributed by atoms with Gasteiger partial charge in [-0.15, -0.1) is 0 Å². The minimum Gasteiger partial charge on any atom is -0.469 e. The average Bonchev–Trinajstić information content (AvgIpc) is 2.84. The molecule has 2 atom stereocenters. The van der Waals surface area contributed by atoms with Crippen LogP contribution in [0.2, 0.25) is 0 Å². The molecule has 0 amide bonds. The summed E-state index contributed by atoms with van der Waals surface area (Å²) in [4.78, 5) is 0. The average molecular weight is 221 g/mol. The summed E-state index contributed by atoms with van der Waals surface area (Å²) in [5.74, 6) is 2.55. The van der Waals surface area contributed by atoms with Crippen molar-refractivity contribution in [3.63, 3.8) is 0 Å². The van der Waals surface area contributed by atoms with Crippen LogP contribution in [0.5, 0.6) is 0 Å². The van der Waals surface area contributed by atoms with Crippen LogP contribution in [0.3, 0.4) is 0 Å². The molecule has 1 aromatic heterocycles. The molecule has 90 valence electrons. The molecule has 0 bridgehead atoms. The highest BCUT2D eigenvalue weighted by Gasteiger charge is 2.30. The summed E-state index contributed by atoms with van der Waals surface area (Å²) in [6.07, 6.45) is 5.74. The Morgan fingerprint density at radius 1 is 1.38 bits per heavy atom. The lowest BCUT2D eigenvalue weighted by Crippen LogP contribution is -2.39. The maximum atomic E-state index is 5.55. The van der Waals surface area contributed by atoms with Crippen LogP contribution in [-0.2, 0) is 0 Å². The normalized spacial score (nSPS) is 26.2. The van der Waals surface area contributed by atoms with Gasteiger partial charge in [0, 0.05) is 11.5 Å². The van der Waals surface area contributed by atoms with Gasteiger partial charge >= 0.3 is 0 Å². The van der Waals surface area contributed by atoms with Crippen LogP contribution in [0.15, 0.2) is 22.8 Å². The molecule has 0 spiro atoms. The number of hydrogen-bond donors (Lipinski definition) is 1. The lowest BCUT2D eigenvalue weighted by Gasteiger charge is -2.25. The van der Waals surface area contributed by atoms with E-state index < -0.39 is 0 Å². The molecule has 1 aliphatic rings. The van der Waals surface area contributed by atoms with E-state index in [0.717, 1.165) is 12.5 Å².